The van der Waals surface area contributed by atoms with Gasteiger partial charge in [-0.2, -0.15) is 0 Å². The van der Waals surface area contributed by atoms with E-state index in [1.54, 1.807) is 7.05 Å². The molecular weight excluding hydrogens is 725 g/mol. The summed E-state index contributed by atoms with van der Waals surface area (Å²) in [6, 6.07) is 0. The number of hydrogen-bond donors (Lipinski definition) is 2. The molecule has 0 heterocycles. The molecule has 2 unspecified atom stereocenters. The third-order valence-electron chi connectivity index (χ3n) is 8.19. The van der Waals surface area contributed by atoms with E-state index in [0.717, 1.165) is 57.8 Å². The summed E-state index contributed by atoms with van der Waals surface area (Å²) in [5, 5.41) is 2.81. The number of rotatable bonds is 38. The van der Waals surface area contributed by atoms with Crippen LogP contribution in [0.25, 0.3) is 0 Å². The highest BCUT2D eigenvalue weighted by molar-refractivity contribution is 7.47. The zero-order valence-corrected chi connectivity index (χ0v) is 35.9. The number of nitrogens with one attached hydrogen (secondary N) is 1. The van der Waals surface area contributed by atoms with Gasteiger partial charge in [0.15, 0.2) is 6.10 Å². The van der Waals surface area contributed by atoms with Crippen molar-refractivity contribution in [2.24, 2.45) is 0 Å². The molecule has 0 amide bonds. The van der Waals surface area contributed by atoms with Gasteiger partial charge >= 0.3 is 19.8 Å². The maximum Gasteiger partial charge on any atom is 0.472 e. The highest BCUT2D eigenvalue weighted by atomic mass is 31.2. The summed E-state index contributed by atoms with van der Waals surface area (Å²) >= 11 is 0. The van der Waals surface area contributed by atoms with Gasteiger partial charge in [-0.05, 0) is 90.5 Å². The smallest absolute Gasteiger partial charge is 0.462 e. The van der Waals surface area contributed by atoms with Crippen LogP contribution in [0, 0.1) is 0 Å². The molecule has 0 fully saturated rings. The molecule has 0 bridgehead atoms. The molecule has 0 saturated heterocycles. The van der Waals surface area contributed by atoms with Gasteiger partial charge in [-0.25, -0.2) is 4.57 Å². The Morgan fingerprint density at radius 3 is 1.52 bits per heavy atom. The predicted molar refractivity (Wildman–Crippen MR) is 233 cm³/mol. The minimum Gasteiger partial charge on any atom is -0.462 e. The number of ether oxygens (including phenoxy) is 2. The van der Waals surface area contributed by atoms with Crippen LogP contribution in [0.2, 0.25) is 0 Å². The number of phosphoric ester groups is 1. The van der Waals surface area contributed by atoms with E-state index in [2.05, 4.69) is 104 Å². The minimum absolute atomic E-state index is 0.0404. The molecule has 0 aliphatic carbocycles. The minimum atomic E-state index is -4.38. The molecule has 0 radical (unpaired) electrons. The Hall–Kier alpha value is -3.07. The Labute approximate surface area is 340 Å². The van der Waals surface area contributed by atoms with Gasteiger partial charge in [0, 0.05) is 19.4 Å². The van der Waals surface area contributed by atoms with Gasteiger partial charge in [0.05, 0.1) is 13.2 Å². The quantitative estimate of drug-likeness (QED) is 0.0272. The lowest BCUT2D eigenvalue weighted by atomic mass is 10.1. The van der Waals surface area contributed by atoms with Crippen molar-refractivity contribution in [3.05, 3.63) is 97.2 Å². The largest absolute Gasteiger partial charge is 0.472 e. The maximum atomic E-state index is 12.6. The number of phosphoric acid groups is 1. The standard InChI is InChI=1S/C46H76NO8P/c1-4-6-8-10-12-14-16-18-20-22-24-26-28-30-32-34-36-38-45(48)52-42-44(43-54-56(50,51)53-41-40-47-3)55-46(49)39-37-35-33-31-29-27-25-23-21-19-17-15-13-11-9-7-5-2/h6,8,12,14,18-21,24-27,30-33,44,47H,4-5,7,9-11,13,15-17,22-23,28-29,34-43H2,1-3H3,(H,50,51)/b8-6-,14-12-,20-18-,21-19-,26-24-,27-25-,32-30-,33-31-. The van der Waals surface area contributed by atoms with Crippen LogP contribution < -0.4 is 5.32 Å². The Bertz CT molecular complexity index is 1230. The summed E-state index contributed by atoms with van der Waals surface area (Å²) in [5.41, 5.74) is 0. The highest BCUT2D eigenvalue weighted by Gasteiger charge is 2.26. The van der Waals surface area contributed by atoms with Gasteiger partial charge in [0.2, 0.25) is 0 Å². The van der Waals surface area contributed by atoms with E-state index in [1.807, 2.05) is 12.2 Å². The molecule has 0 aromatic carbocycles. The highest BCUT2D eigenvalue weighted by Crippen LogP contribution is 2.43. The first-order chi connectivity index (χ1) is 27.3. The monoisotopic (exact) mass is 802 g/mol. The van der Waals surface area contributed by atoms with Crippen molar-refractivity contribution in [3.8, 4) is 0 Å². The van der Waals surface area contributed by atoms with Gasteiger partial charge < -0.3 is 19.7 Å². The van der Waals surface area contributed by atoms with Crippen LogP contribution in [0.1, 0.15) is 142 Å². The van der Waals surface area contributed by atoms with Crippen LogP contribution in [0.3, 0.4) is 0 Å². The molecule has 0 aromatic rings. The first kappa shape index (κ1) is 52.9. The average molecular weight is 802 g/mol. The third kappa shape index (κ3) is 40.6. The zero-order chi connectivity index (χ0) is 41.1. The number of allylic oxidation sites excluding steroid dienone is 16. The Morgan fingerprint density at radius 2 is 1.02 bits per heavy atom. The van der Waals surface area contributed by atoms with Crippen LogP contribution in [0.15, 0.2) is 97.2 Å². The summed E-state index contributed by atoms with van der Waals surface area (Å²) in [6.07, 6.45) is 51.8. The summed E-state index contributed by atoms with van der Waals surface area (Å²) in [4.78, 5) is 35.0. The second-order valence-electron chi connectivity index (χ2n) is 13.4. The van der Waals surface area contributed by atoms with E-state index in [0.29, 0.717) is 25.8 Å². The third-order valence-corrected chi connectivity index (χ3v) is 9.17. The lowest BCUT2D eigenvalue weighted by molar-refractivity contribution is -0.161. The van der Waals surface area contributed by atoms with E-state index in [4.69, 9.17) is 18.5 Å². The van der Waals surface area contributed by atoms with Crippen molar-refractivity contribution >= 4 is 19.8 Å². The van der Waals surface area contributed by atoms with Crippen molar-refractivity contribution in [2.45, 2.75) is 148 Å². The number of carbonyl (C=O) groups excluding carboxylic acids is 2. The van der Waals surface area contributed by atoms with Crippen molar-refractivity contribution in [3.63, 3.8) is 0 Å². The lowest BCUT2D eigenvalue weighted by Gasteiger charge is -2.20. The van der Waals surface area contributed by atoms with E-state index in [-0.39, 0.29) is 26.1 Å². The Balaban J connectivity index is 4.45. The van der Waals surface area contributed by atoms with Crippen LogP contribution in [0.4, 0.5) is 0 Å². The molecule has 318 valence electrons. The molecule has 0 aliphatic rings. The van der Waals surface area contributed by atoms with Gasteiger partial charge in [0.1, 0.15) is 6.61 Å². The summed E-state index contributed by atoms with van der Waals surface area (Å²) in [7, 11) is -2.70. The second-order valence-corrected chi connectivity index (χ2v) is 14.9. The first-order valence-corrected chi connectivity index (χ1v) is 22.7. The van der Waals surface area contributed by atoms with Gasteiger partial charge in [-0.1, -0.05) is 143 Å². The van der Waals surface area contributed by atoms with Gasteiger partial charge in [0.25, 0.3) is 0 Å². The van der Waals surface area contributed by atoms with Crippen LogP contribution in [-0.2, 0) is 32.7 Å². The van der Waals surface area contributed by atoms with Gasteiger partial charge in [-0.15, -0.1) is 0 Å². The van der Waals surface area contributed by atoms with E-state index in [9.17, 15) is 19.0 Å². The first-order valence-electron chi connectivity index (χ1n) is 21.2. The summed E-state index contributed by atoms with van der Waals surface area (Å²) < 4.78 is 33.0. The molecule has 2 N–H and O–H groups in total. The number of unbranched alkanes of at least 4 members (excludes halogenated alkanes) is 8. The molecule has 0 saturated carbocycles. The fourth-order valence-corrected chi connectivity index (χ4v) is 5.77. The van der Waals surface area contributed by atoms with Crippen LogP contribution in [0.5, 0.6) is 0 Å². The number of esters is 2. The molecular formula is C46H76NO8P. The van der Waals surface area contributed by atoms with E-state index < -0.39 is 32.5 Å². The fourth-order valence-electron chi connectivity index (χ4n) is 5.01. The summed E-state index contributed by atoms with van der Waals surface area (Å²) in [5.74, 6) is -0.947. The topological polar surface area (TPSA) is 120 Å². The molecule has 0 spiro atoms. The predicted octanol–water partition coefficient (Wildman–Crippen LogP) is 12.1. The van der Waals surface area contributed by atoms with Crippen molar-refractivity contribution < 1.29 is 37.6 Å². The number of hydrogen-bond acceptors (Lipinski definition) is 8. The molecule has 0 rings (SSSR count). The maximum absolute atomic E-state index is 12.6. The molecule has 10 heteroatoms. The SMILES string of the molecule is CC/C=C\C/C=C\C/C=C\C/C=C\C/C=C\CCCC(=O)OCC(COP(=O)(O)OCCNC)OC(=O)CCC/C=C\C/C=C\C/C=C\CCCCCCCC. The second kappa shape index (κ2) is 41.6. The number of carbonyl (C=O) groups is 2. The van der Waals surface area contributed by atoms with Gasteiger partial charge in [-0.3, -0.25) is 18.6 Å². The number of likely N-dealkylation sites (N-methyl/N-ethyl adjacent to an activating group) is 1. The molecule has 9 nitrogen and oxygen atoms in total. The van der Waals surface area contributed by atoms with Crippen molar-refractivity contribution in [1.82, 2.24) is 5.32 Å². The normalized spacial score (nSPS) is 14.3. The zero-order valence-electron chi connectivity index (χ0n) is 35.0. The Morgan fingerprint density at radius 1 is 0.571 bits per heavy atom. The van der Waals surface area contributed by atoms with E-state index >= 15 is 0 Å². The van der Waals surface area contributed by atoms with E-state index in [1.165, 1.54) is 38.5 Å². The van der Waals surface area contributed by atoms with Crippen LogP contribution in [-0.4, -0.2) is 56.3 Å². The van der Waals surface area contributed by atoms with Crippen LogP contribution >= 0.6 is 7.82 Å². The Kier molecular flexibility index (Phi) is 39.3. The molecule has 0 aliphatic heterocycles. The molecule has 2 atom stereocenters. The fraction of sp³-hybridized carbons (Fsp3) is 0.609. The average Bonchev–Trinajstić information content (AvgIpc) is 3.18. The summed E-state index contributed by atoms with van der Waals surface area (Å²) in [6.45, 7) is 3.95. The van der Waals surface area contributed by atoms with Crippen molar-refractivity contribution in [2.75, 3.05) is 33.4 Å². The molecule has 0 aromatic heterocycles. The molecule has 56 heavy (non-hydrogen) atoms. The lowest BCUT2D eigenvalue weighted by Crippen LogP contribution is -2.29. The van der Waals surface area contributed by atoms with Crippen molar-refractivity contribution in [1.29, 1.82) is 0 Å².